The summed E-state index contributed by atoms with van der Waals surface area (Å²) in [6, 6.07) is 7.13. The van der Waals surface area contributed by atoms with E-state index >= 15 is 0 Å². The number of benzene rings is 1. The molecule has 0 bridgehead atoms. The van der Waals surface area contributed by atoms with Gasteiger partial charge in [0.05, 0.1) is 0 Å². The van der Waals surface area contributed by atoms with E-state index in [4.69, 9.17) is 0 Å². The molecule has 0 heterocycles. The molecular formula is C13H20FN. The van der Waals surface area contributed by atoms with E-state index in [0.717, 1.165) is 18.4 Å². The van der Waals surface area contributed by atoms with Crippen LogP contribution in [0.4, 0.5) is 4.39 Å². The maximum Gasteiger partial charge on any atom is 0.127 e. The molecule has 0 aromatic heterocycles. The molecule has 0 amide bonds. The van der Waals surface area contributed by atoms with Crippen LogP contribution < -0.4 is 5.32 Å². The number of hydrogen-bond acceptors (Lipinski definition) is 1. The average Bonchev–Trinajstić information content (AvgIpc) is 2.22. The highest BCUT2D eigenvalue weighted by Gasteiger charge is 2.19. The van der Waals surface area contributed by atoms with Gasteiger partial charge >= 0.3 is 0 Å². The third-order valence-electron chi connectivity index (χ3n) is 2.86. The molecule has 0 aliphatic heterocycles. The molecule has 2 atom stereocenters. The summed E-state index contributed by atoms with van der Waals surface area (Å²) in [6.07, 6.45) is 2.24. The first kappa shape index (κ1) is 12.2. The first-order valence-electron chi connectivity index (χ1n) is 5.62. The van der Waals surface area contributed by atoms with Gasteiger partial charge in [0.1, 0.15) is 5.82 Å². The van der Waals surface area contributed by atoms with Crippen LogP contribution in [0.3, 0.4) is 0 Å². The highest BCUT2D eigenvalue weighted by Crippen LogP contribution is 2.26. The summed E-state index contributed by atoms with van der Waals surface area (Å²) in [7, 11) is 1.89. The minimum Gasteiger partial charge on any atom is -0.313 e. The molecule has 84 valence electrons. The lowest BCUT2D eigenvalue weighted by Crippen LogP contribution is -2.24. The van der Waals surface area contributed by atoms with Crippen molar-refractivity contribution in [3.8, 4) is 0 Å². The van der Waals surface area contributed by atoms with Crippen LogP contribution >= 0.6 is 0 Å². The van der Waals surface area contributed by atoms with Gasteiger partial charge in [-0.1, -0.05) is 38.5 Å². The van der Waals surface area contributed by atoms with Crippen LogP contribution in [-0.4, -0.2) is 7.05 Å². The fraction of sp³-hybridized carbons (Fsp3) is 0.538. The molecule has 1 N–H and O–H groups in total. The lowest BCUT2D eigenvalue weighted by molar-refractivity contribution is 0.372. The number of halogens is 1. The Hall–Kier alpha value is -0.890. The monoisotopic (exact) mass is 209 g/mol. The zero-order valence-corrected chi connectivity index (χ0v) is 9.76. The first-order chi connectivity index (χ1) is 7.20. The van der Waals surface area contributed by atoms with Crippen molar-refractivity contribution in [3.05, 3.63) is 35.6 Å². The molecule has 2 unspecified atom stereocenters. The van der Waals surface area contributed by atoms with E-state index < -0.39 is 0 Å². The number of nitrogens with one attached hydrogen (secondary N) is 1. The highest BCUT2D eigenvalue weighted by atomic mass is 19.1. The van der Waals surface area contributed by atoms with Crippen molar-refractivity contribution in [2.24, 2.45) is 5.92 Å². The Morgan fingerprint density at radius 1 is 1.33 bits per heavy atom. The van der Waals surface area contributed by atoms with E-state index in [1.165, 1.54) is 6.07 Å². The van der Waals surface area contributed by atoms with Gasteiger partial charge in [0, 0.05) is 11.6 Å². The summed E-state index contributed by atoms with van der Waals surface area (Å²) in [6.45, 7) is 4.32. The molecular weight excluding hydrogens is 189 g/mol. The second-order valence-electron chi connectivity index (χ2n) is 4.05. The van der Waals surface area contributed by atoms with Gasteiger partial charge in [-0.3, -0.25) is 0 Å². The molecule has 1 aromatic carbocycles. The lowest BCUT2D eigenvalue weighted by Gasteiger charge is -2.24. The minimum absolute atomic E-state index is 0.111. The molecule has 0 spiro atoms. The molecule has 1 nitrogen and oxygen atoms in total. The van der Waals surface area contributed by atoms with Gasteiger partial charge in [0.15, 0.2) is 0 Å². The summed E-state index contributed by atoms with van der Waals surface area (Å²) in [4.78, 5) is 0. The predicted octanol–water partition coefficient (Wildman–Crippen LogP) is 3.52. The molecule has 0 aliphatic rings. The lowest BCUT2D eigenvalue weighted by atomic mass is 9.91. The van der Waals surface area contributed by atoms with Crippen LogP contribution in [0.25, 0.3) is 0 Å². The largest absolute Gasteiger partial charge is 0.313 e. The maximum absolute atomic E-state index is 13.6. The highest BCUT2D eigenvalue weighted by molar-refractivity contribution is 5.21. The van der Waals surface area contributed by atoms with E-state index in [1.807, 2.05) is 19.2 Å². The normalized spacial score (nSPS) is 14.9. The Balaban J connectivity index is 2.87. The van der Waals surface area contributed by atoms with Gasteiger partial charge in [-0.2, -0.15) is 0 Å². The molecule has 2 heteroatoms. The van der Waals surface area contributed by atoms with Gasteiger partial charge in [-0.05, 0) is 25.5 Å². The van der Waals surface area contributed by atoms with Crippen molar-refractivity contribution in [1.82, 2.24) is 5.32 Å². The van der Waals surface area contributed by atoms with Crippen molar-refractivity contribution in [2.75, 3.05) is 7.05 Å². The number of hydrogen-bond donors (Lipinski definition) is 1. The van der Waals surface area contributed by atoms with E-state index in [0.29, 0.717) is 5.92 Å². The van der Waals surface area contributed by atoms with Crippen LogP contribution in [-0.2, 0) is 0 Å². The molecule has 1 rings (SSSR count). The second-order valence-corrected chi connectivity index (χ2v) is 4.05. The fourth-order valence-electron chi connectivity index (χ4n) is 2.10. The summed E-state index contributed by atoms with van der Waals surface area (Å²) >= 11 is 0. The molecule has 0 aliphatic carbocycles. The van der Waals surface area contributed by atoms with E-state index in [9.17, 15) is 4.39 Å². The van der Waals surface area contributed by atoms with E-state index in [2.05, 4.69) is 19.2 Å². The van der Waals surface area contributed by atoms with Gasteiger partial charge in [-0.25, -0.2) is 4.39 Å². The van der Waals surface area contributed by atoms with Crippen LogP contribution in [0.5, 0.6) is 0 Å². The van der Waals surface area contributed by atoms with Crippen molar-refractivity contribution >= 4 is 0 Å². The SMILES string of the molecule is CCCC(C)C(NC)c1ccccc1F. The Labute approximate surface area is 91.7 Å². The fourth-order valence-corrected chi connectivity index (χ4v) is 2.10. The summed E-state index contributed by atoms with van der Waals surface area (Å²) in [5.41, 5.74) is 0.779. The Kier molecular flexibility index (Phi) is 4.76. The summed E-state index contributed by atoms with van der Waals surface area (Å²) in [5, 5.41) is 3.20. The maximum atomic E-state index is 13.6. The van der Waals surface area contributed by atoms with Gasteiger partial charge in [0.25, 0.3) is 0 Å². The molecule has 15 heavy (non-hydrogen) atoms. The van der Waals surface area contributed by atoms with E-state index in [-0.39, 0.29) is 11.9 Å². The van der Waals surface area contributed by atoms with Crippen molar-refractivity contribution < 1.29 is 4.39 Å². The third kappa shape index (κ3) is 3.03. The zero-order valence-electron chi connectivity index (χ0n) is 9.76. The molecule has 0 fully saturated rings. The zero-order chi connectivity index (χ0) is 11.3. The Morgan fingerprint density at radius 3 is 2.53 bits per heavy atom. The predicted molar refractivity (Wildman–Crippen MR) is 62.3 cm³/mol. The average molecular weight is 209 g/mol. The molecule has 0 saturated heterocycles. The van der Waals surface area contributed by atoms with Gasteiger partial charge in [-0.15, -0.1) is 0 Å². The smallest absolute Gasteiger partial charge is 0.127 e. The van der Waals surface area contributed by atoms with Crippen LogP contribution in [0, 0.1) is 11.7 Å². The Morgan fingerprint density at radius 2 is 2.00 bits per heavy atom. The third-order valence-corrected chi connectivity index (χ3v) is 2.86. The van der Waals surface area contributed by atoms with Gasteiger partial charge < -0.3 is 5.32 Å². The molecule has 0 saturated carbocycles. The quantitative estimate of drug-likeness (QED) is 0.782. The number of rotatable bonds is 5. The van der Waals surface area contributed by atoms with Crippen molar-refractivity contribution in [1.29, 1.82) is 0 Å². The minimum atomic E-state index is -0.111. The first-order valence-corrected chi connectivity index (χ1v) is 5.62. The Bertz CT molecular complexity index is 298. The van der Waals surface area contributed by atoms with Crippen molar-refractivity contribution in [2.45, 2.75) is 32.7 Å². The topological polar surface area (TPSA) is 12.0 Å². The van der Waals surface area contributed by atoms with E-state index in [1.54, 1.807) is 6.07 Å². The summed E-state index contributed by atoms with van der Waals surface area (Å²) in [5.74, 6) is 0.344. The van der Waals surface area contributed by atoms with Gasteiger partial charge in [0.2, 0.25) is 0 Å². The van der Waals surface area contributed by atoms with Crippen molar-refractivity contribution in [3.63, 3.8) is 0 Å². The summed E-state index contributed by atoms with van der Waals surface area (Å²) < 4.78 is 13.6. The molecule has 0 radical (unpaired) electrons. The van der Waals surface area contributed by atoms with Crippen LogP contribution in [0.15, 0.2) is 24.3 Å². The molecule has 1 aromatic rings. The standard InChI is InChI=1S/C13H20FN/c1-4-7-10(2)13(15-3)11-8-5-6-9-12(11)14/h5-6,8-10,13,15H,4,7H2,1-3H3. The van der Waals surface area contributed by atoms with Crippen LogP contribution in [0.1, 0.15) is 38.3 Å². The second kappa shape index (κ2) is 5.86. The van der Waals surface area contributed by atoms with Crippen LogP contribution in [0.2, 0.25) is 0 Å².